The molecule has 694 valence electrons. The molecule has 4 saturated heterocycles. The first-order chi connectivity index (χ1) is 63.1. The van der Waals surface area contributed by atoms with Gasteiger partial charge >= 0.3 is 48.6 Å². The van der Waals surface area contributed by atoms with Gasteiger partial charge in [-0.2, -0.15) is 39.5 Å². The molecule has 17 rings (SSSR count). The number of carboxylic acid groups (broad SMARTS) is 1. The van der Waals surface area contributed by atoms with Crippen molar-refractivity contribution in [1.29, 1.82) is 0 Å². The van der Waals surface area contributed by atoms with Crippen LogP contribution in [-0.4, -0.2) is 258 Å². The minimum absolute atomic E-state index is 0.00905. The number of Topliss-reactive ketones (excluding diaryl/α,β-unsaturated/α-hetero) is 2. The Morgan fingerprint density at radius 2 is 0.939 bits per heavy atom. The number of carboxylic acids is 1. The Kier molecular flexibility index (Phi) is 28.5. The minimum Gasteiger partial charge on any atom is -0.491 e. The Morgan fingerprint density at radius 1 is 0.485 bits per heavy atom. The van der Waals surface area contributed by atoms with E-state index < -0.39 is 117 Å². The lowest BCUT2D eigenvalue weighted by atomic mass is 10.00. The summed E-state index contributed by atoms with van der Waals surface area (Å²) in [5.74, 6) is -4.06. The fourth-order valence-corrected chi connectivity index (χ4v) is 15.9. The summed E-state index contributed by atoms with van der Waals surface area (Å²) in [5, 5.41) is 50.9. The number of aliphatic hydroxyl groups is 3. The van der Waals surface area contributed by atoms with E-state index in [0.29, 0.717) is 124 Å². The number of fused-ring (bicyclic) bond motifs is 16. The molecule has 0 spiro atoms. The molecule has 132 heavy (non-hydrogen) atoms. The van der Waals surface area contributed by atoms with Crippen LogP contribution in [-0.2, 0) is 6.42 Å². The van der Waals surface area contributed by atoms with E-state index in [1.54, 1.807) is 102 Å². The van der Waals surface area contributed by atoms with Crippen molar-refractivity contribution in [2.45, 2.75) is 113 Å². The first kappa shape index (κ1) is 93.5. The van der Waals surface area contributed by atoms with Crippen molar-refractivity contribution in [1.82, 2.24) is 55.5 Å². The number of carbonyl (C=O) groups excluding carboxylic acids is 8. The summed E-state index contributed by atoms with van der Waals surface area (Å²) in [6.45, 7) is 3.56. The van der Waals surface area contributed by atoms with E-state index in [-0.39, 0.29) is 88.3 Å². The van der Waals surface area contributed by atoms with Crippen molar-refractivity contribution in [2.24, 2.45) is 11.7 Å². The van der Waals surface area contributed by atoms with E-state index in [4.69, 9.17) is 25.8 Å². The number of aliphatic hydroxyl groups excluding tert-OH is 3. The zero-order valence-corrected chi connectivity index (χ0v) is 70.0. The number of aromatic nitrogens is 9. The molecule has 38 nitrogen and oxygen atoms in total. The molecular weight excluding hydrogens is 1750 g/mol. The number of aryl methyl sites for hydroxylation is 1. The highest BCUT2D eigenvalue weighted by molar-refractivity contribution is 6.09. The Hall–Kier alpha value is -14.6. The summed E-state index contributed by atoms with van der Waals surface area (Å²) in [5.41, 5.74) is 8.88. The predicted octanol–water partition coefficient (Wildman–Crippen LogP) is 9.11. The van der Waals surface area contributed by atoms with Crippen LogP contribution in [0.15, 0.2) is 159 Å². The third kappa shape index (κ3) is 21.8. The molecule has 9 aromatic heterocycles. The van der Waals surface area contributed by atoms with Crippen molar-refractivity contribution in [3.8, 4) is 5.75 Å². The number of anilines is 12. The molecule has 8 bridgehead atoms. The Morgan fingerprint density at radius 3 is 1.38 bits per heavy atom. The zero-order valence-electron chi connectivity index (χ0n) is 70.0. The molecule has 0 aromatic carbocycles. The van der Waals surface area contributed by atoms with Crippen LogP contribution in [0.1, 0.15) is 103 Å². The van der Waals surface area contributed by atoms with Gasteiger partial charge < -0.3 is 66.4 Å². The second kappa shape index (κ2) is 40.2. The molecule has 0 saturated carbocycles. The van der Waals surface area contributed by atoms with Crippen molar-refractivity contribution in [2.75, 3.05) is 139 Å². The number of alkyl halides is 9. The normalized spacial score (nSPS) is 17.8. The van der Waals surface area contributed by atoms with Gasteiger partial charge in [-0.05, 0) is 142 Å². The van der Waals surface area contributed by atoms with Gasteiger partial charge in [0.25, 0.3) is 11.8 Å². The molecule has 0 radical (unpaired) electrons. The minimum atomic E-state index is -4.81. The van der Waals surface area contributed by atoms with Gasteiger partial charge in [0, 0.05) is 115 Å². The molecule has 9 aromatic rings. The third-order valence-corrected chi connectivity index (χ3v) is 22.7. The van der Waals surface area contributed by atoms with Crippen LogP contribution in [0.5, 0.6) is 5.75 Å². The van der Waals surface area contributed by atoms with E-state index in [1.807, 2.05) is 38.2 Å². The number of aromatic carboxylic acids is 1. The second-order valence-electron chi connectivity index (χ2n) is 31.5. The quantitative estimate of drug-likeness (QED) is 0.0222. The largest absolute Gasteiger partial charge is 0.491 e. The fraction of sp³-hybridized carbons (Fsp3) is 0.365. The Bertz CT molecular complexity index is 5590. The van der Waals surface area contributed by atoms with Crippen LogP contribution in [0.4, 0.5) is 128 Å². The summed E-state index contributed by atoms with van der Waals surface area (Å²) < 4.78 is 122. The number of nitrogens with one attached hydrogen (secondary N) is 6. The molecule has 4 fully saturated rings. The maximum absolute atomic E-state index is 13.4. The number of amides is 10. The molecule has 0 unspecified atom stereocenters. The zero-order chi connectivity index (χ0) is 94.0. The fourth-order valence-electron chi connectivity index (χ4n) is 15.9. The monoisotopic (exact) mass is 1840 g/mol. The summed E-state index contributed by atoms with van der Waals surface area (Å²) in [7, 11) is 0. The topological polar surface area (TPSA) is 484 Å². The number of nitrogens with two attached hydrogens (primary N) is 1. The van der Waals surface area contributed by atoms with Crippen molar-refractivity contribution in [3.05, 3.63) is 193 Å². The summed E-state index contributed by atoms with van der Waals surface area (Å²) in [4.78, 5) is 166. The molecule has 10 amide bonds. The Labute approximate surface area is 744 Å². The van der Waals surface area contributed by atoms with E-state index in [1.165, 1.54) is 63.6 Å². The summed E-state index contributed by atoms with van der Waals surface area (Å²) >= 11 is 0. The van der Waals surface area contributed by atoms with Crippen molar-refractivity contribution in [3.63, 3.8) is 0 Å². The van der Waals surface area contributed by atoms with Crippen LogP contribution in [0.2, 0.25) is 0 Å². The first-order valence-corrected chi connectivity index (χ1v) is 41.5. The maximum Gasteiger partial charge on any atom is 0.410 e. The van der Waals surface area contributed by atoms with Gasteiger partial charge in [-0.1, -0.05) is 12.1 Å². The number of hydrogen-bond donors (Lipinski definition) is 11. The third-order valence-electron chi connectivity index (χ3n) is 22.7. The van der Waals surface area contributed by atoms with Crippen LogP contribution in [0, 0.1) is 5.92 Å². The van der Waals surface area contributed by atoms with Crippen LogP contribution < -0.4 is 81.6 Å². The standard InChI is InChI=1S/C26H28N6O5.C20H19F3N6O4.C20H21F3N6O2.C19H19F3N6O3/c33-15-19(34)16-37-20-7-10-28-24(12-20)30-26(36)32-18-8-11-31(14-18)22-5-4-21(29-25(22)32)23(35)6-3-17-2-1-9-27-13-17;1-10(20(21,22)23)25-17(30)13-2-3-14-16(26-13)29(12-5-7-28(14)9-12)19(33)27-15-8-11(18(31)32)4-6-24-15;21-20(22,23)12(10-24)9-16(30)14-4-5-15-18(26-14)29(13-6-8-28(15)11-13)19(31)27-17-3-1-2-7-25-17;20-19(21,22)15(10-29)26-17(30)13-3-4-14-16(25-13)28(12-5-7-27(14)9-12)18(31)24-11-2-1-6-23-8-11/h1-2,4-5,7,9-10,12-13,18-19,33-34H,3,6,8,11,14-16H2,(H,28,30,36);2-4,6,8,10,12H,5,7,9H2,1H3,(H,25,30)(H,31,32)(H,24,27,33);1-5,7,12-13H,6,8-11,24H2,(H,25,27,31);1-4,6,8,12,15,29H,5,7,9-10H2,(H,24,31)(H,26,30)/t18-,19+;10-,12+;12-,13-;12-,15-/m0100/s1. The number of carbonyl (C=O) groups is 9. The van der Waals surface area contributed by atoms with E-state index >= 15 is 0 Å². The number of ether oxygens (including phenoxy) is 1. The molecule has 8 aliphatic heterocycles. The molecule has 8 aliphatic rings. The number of halogens is 9. The summed E-state index contributed by atoms with van der Waals surface area (Å²) in [6.07, 6.45) is -1.42. The second-order valence-corrected chi connectivity index (χ2v) is 31.5. The van der Waals surface area contributed by atoms with Gasteiger partial charge in [0.1, 0.15) is 70.8 Å². The number of rotatable bonds is 22. The maximum atomic E-state index is 13.4. The first-order valence-electron chi connectivity index (χ1n) is 41.5. The van der Waals surface area contributed by atoms with Crippen molar-refractivity contribution < 1.29 is 108 Å². The predicted molar refractivity (Wildman–Crippen MR) is 460 cm³/mol. The number of nitrogens with zero attached hydrogens (tertiary/aromatic N) is 17. The SMILES string of the molecule is C[C@@H](NC(=O)c1ccc2c(n1)N(C(=O)Nc1cc(C(=O)O)ccn1)[C@H]1CCN2C1)C(F)(F)F.NC[C@H](CC(=O)c1ccc2c(n1)N(C(=O)Nc1ccccn1)[C@H]1CCN2C1)C(F)(F)F.O=C(CCc1cccnc1)c1ccc2c(n1)N(C(=O)Nc1cc(OC[C@H](O)CO)ccn1)[C@H]1CCN2C1.O=C(N[C@@H](CO)C(F)(F)F)c1ccc2c(n1)N(C(=O)Nc1cccnc1)[C@H]1CCN2C1. The van der Waals surface area contributed by atoms with Gasteiger partial charge in [0.15, 0.2) is 34.8 Å². The Balaban J connectivity index is 0.000000142. The number of ketones is 2. The highest BCUT2D eigenvalue weighted by atomic mass is 19.4. The highest BCUT2D eigenvalue weighted by Gasteiger charge is 2.48. The highest BCUT2D eigenvalue weighted by Crippen LogP contribution is 2.45. The lowest BCUT2D eigenvalue weighted by molar-refractivity contribution is -0.170. The molecule has 47 heteroatoms. The molecule has 8 atom stereocenters. The lowest BCUT2D eigenvalue weighted by Crippen LogP contribution is -2.49. The van der Waals surface area contributed by atoms with Crippen LogP contribution in [0.25, 0.3) is 0 Å². The number of pyridine rings is 9. The van der Waals surface area contributed by atoms with Gasteiger partial charge in [0.05, 0.1) is 83.5 Å². The van der Waals surface area contributed by atoms with E-state index in [9.17, 15) is 87.8 Å². The average molecular weight is 1840 g/mol. The molecule has 17 heterocycles. The smallest absolute Gasteiger partial charge is 0.410 e. The van der Waals surface area contributed by atoms with Gasteiger partial charge in [-0.25, -0.2) is 58.9 Å². The molecule has 12 N–H and O–H groups in total. The van der Waals surface area contributed by atoms with Crippen LogP contribution in [0.3, 0.4) is 0 Å². The van der Waals surface area contributed by atoms with Gasteiger partial charge in [-0.3, -0.25) is 64.7 Å². The number of hydrogen-bond acceptors (Lipinski definition) is 27. The average Bonchev–Trinajstić information content (AvgIpc) is 1.59. The van der Waals surface area contributed by atoms with Crippen molar-refractivity contribution >= 4 is 123 Å². The summed E-state index contributed by atoms with van der Waals surface area (Å²) in [6, 6.07) is 22.9. The van der Waals surface area contributed by atoms with E-state index in [0.717, 1.165) is 31.1 Å². The van der Waals surface area contributed by atoms with Gasteiger partial charge in [-0.15, -0.1) is 0 Å². The van der Waals surface area contributed by atoms with E-state index in [2.05, 4.69) is 71.0 Å². The number of urea groups is 4. The molecule has 0 aliphatic carbocycles. The van der Waals surface area contributed by atoms with Gasteiger partial charge in [0.2, 0.25) is 0 Å². The lowest BCUT2D eigenvalue weighted by Gasteiger charge is -2.35. The van der Waals surface area contributed by atoms with Crippen LogP contribution >= 0.6 is 0 Å². The molecular formula is C85H87F9N24O14.